The van der Waals surface area contributed by atoms with Gasteiger partial charge in [-0.25, -0.2) is 0 Å². The molecule has 3 amide bonds. The molecule has 0 spiro atoms. The minimum absolute atomic E-state index is 0.0401. The van der Waals surface area contributed by atoms with E-state index in [0.29, 0.717) is 0 Å². The molecular formula is C20H22N2O4S2. The van der Waals surface area contributed by atoms with Gasteiger partial charge in [0.2, 0.25) is 17.7 Å². The molecule has 8 heteroatoms. The van der Waals surface area contributed by atoms with E-state index in [1.807, 2.05) is 60.7 Å². The first-order valence-corrected chi connectivity index (χ1v) is 10.6. The number of hydrogen-bond acceptors (Lipinski definition) is 5. The van der Waals surface area contributed by atoms with Crippen LogP contribution in [0.5, 0.6) is 0 Å². The van der Waals surface area contributed by atoms with Gasteiger partial charge in [0.1, 0.15) is 11.8 Å². The molecule has 2 atom stereocenters. The summed E-state index contributed by atoms with van der Waals surface area (Å²) in [5.74, 6) is -2.06. The fraction of sp³-hybridized carbons (Fsp3) is 0.250. The van der Waals surface area contributed by atoms with Crippen LogP contribution >= 0.6 is 12.6 Å². The lowest BCUT2D eigenvalue weighted by atomic mass is 10.0. The van der Waals surface area contributed by atoms with Gasteiger partial charge in [0.05, 0.1) is 5.25 Å². The summed E-state index contributed by atoms with van der Waals surface area (Å²) in [6, 6.07) is 17.6. The number of rotatable bonds is 8. The molecule has 0 saturated heterocycles. The quantitative estimate of drug-likeness (QED) is 0.568. The van der Waals surface area contributed by atoms with Crippen LogP contribution < -0.4 is 10.6 Å². The lowest BCUT2D eigenvalue weighted by Crippen LogP contribution is -2.49. The second-order valence-corrected chi connectivity index (χ2v) is 7.96. The van der Waals surface area contributed by atoms with Gasteiger partial charge in [-0.3, -0.25) is 23.9 Å². The summed E-state index contributed by atoms with van der Waals surface area (Å²) in [6.07, 6.45) is 0. The lowest BCUT2D eigenvalue weighted by Gasteiger charge is -2.18. The van der Waals surface area contributed by atoms with Crippen molar-refractivity contribution < 1.29 is 18.6 Å². The predicted molar refractivity (Wildman–Crippen MR) is 112 cm³/mol. The van der Waals surface area contributed by atoms with Gasteiger partial charge in [-0.05, 0) is 11.1 Å². The maximum Gasteiger partial charge on any atom is 0.249 e. The topological polar surface area (TPSA) is 92.3 Å². The average molecular weight is 419 g/mol. The van der Waals surface area contributed by atoms with Gasteiger partial charge >= 0.3 is 0 Å². The van der Waals surface area contributed by atoms with Crippen LogP contribution in [0.1, 0.15) is 23.3 Å². The zero-order valence-electron chi connectivity index (χ0n) is 15.3. The molecule has 2 N–H and O–H groups in total. The SMILES string of the molecule is CC(=O)N[C@@H](CS)C(=O)NC(=O)CS(=O)C(c1ccccc1)c1ccccc1. The van der Waals surface area contributed by atoms with E-state index in [9.17, 15) is 18.6 Å². The Balaban J connectivity index is 2.12. The number of amides is 3. The Kier molecular flexibility index (Phi) is 8.41. The van der Waals surface area contributed by atoms with E-state index >= 15 is 0 Å². The largest absolute Gasteiger partial charge is 0.344 e. The number of nitrogens with one attached hydrogen (secondary N) is 2. The van der Waals surface area contributed by atoms with Gasteiger partial charge in [-0.15, -0.1) is 0 Å². The molecule has 1 unspecified atom stereocenters. The highest BCUT2D eigenvalue weighted by Gasteiger charge is 2.25. The zero-order chi connectivity index (χ0) is 20.5. The Morgan fingerprint density at radius 2 is 1.46 bits per heavy atom. The summed E-state index contributed by atoms with van der Waals surface area (Å²) in [7, 11) is -1.60. The molecule has 2 aromatic carbocycles. The van der Waals surface area contributed by atoms with Crippen LogP contribution in [0.25, 0.3) is 0 Å². The van der Waals surface area contributed by atoms with Gasteiger partial charge in [-0.2, -0.15) is 12.6 Å². The van der Waals surface area contributed by atoms with Crippen LogP contribution in [0.15, 0.2) is 60.7 Å². The van der Waals surface area contributed by atoms with E-state index in [-0.39, 0.29) is 11.5 Å². The first-order chi connectivity index (χ1) is 13.4. The number of imide groups is 1. The van der Waals surface area contributed by atoms with Crippen LogP contribution in [0, 0.1) is 0 Å². The predicted octanol–water partition coefficient (Wildman–Crippen LogP) is 1.60. The van der Waals surface area contributed by atoms with E-state index in [1.165, 1.54) is 6.92 Å². The summed E-state index contributed by atoms with van der Waals surface area (Å²) in [5.41, 5.74) is 1.63. The summed E-state index contributed by atoms with van der Waals surface area (Å²) in [6.45, 7) is 1.27. The second-order valence-electron chi connectivity index (χ2n) is 6.07. The molecule has 148 valence electrons. The molecule has 0 heterocycles. The van der Waals surface area contributed by atoms with Crippen molar-refractivity contribution in [2.45, 2.75) is 18.2 Å². The molecule has 2 rings (SSSR count). The maximum atomic E-state index is 13.0. The Hall–Kier alpha value is -2.45. The number of hydrogen-bond donors (Lipinski definition) is 3. The smallest absolute Gasteiger partial charge is 0.249 e. The first kappa shape index (κ1) is 21.8. The highest BCUT2D eigenvalue weighted by molar-refractivity contribution is 7.86. The van der Waals surface area contributed by atoms with E-state index in [1.54, 1.807) is 0 Å². The molecule has 0 aromatic heterocycles. The van der Waals surface area contributed by atoms with Gasteiger partial charge in [-0.1, -0.05) is 60.7 Å². The molecule has 0 radical (unpaired) electrons. The summed E-state index contributed by atoms with van der Waals surface area (Å²) >= 11 is 4.00. The van der Waals surface area contributed by atoms with Gasteiger partial charge in [0.25, 0.3) is 0 Å². The third-order valence-corrected chi connectivity index (χ3v) is 5.86. The highest BCUT2D eigenvalue weighted by atomic mass is 32.2. The highest BCUT2D eigenvalue weighted by Crippen LogP contribution is 2.28. The Morgan fingerprint density at radius 1 is 0.964 bits per heavy atom. The molecule has 0 fully saturated rings. The van der Waals surface area contributed by atoms with E-state index in [2.05, 4.69) is 23.3 Å². The van der Waals surface area contributed by atoms with Crippen LogP contribution in [-0.4, -0.2) is 39.5 Å². The normalized spacial score (nSPS) is 12.8. The molecule has 2 aromatic rings. The van der Waals surface area contributed by atoms with Crippen LogP contribution in [0.2, 0.25) is 0 Å². The standard InChI is InChI=1S/C20H22N2O4S2/c1-14(23)21-17(12-27)20(25)22-18(24)13-28(26)19(15-8-4-2-5-9-15)16-10-6-3-7-11-16/h2-11,17,19,27H,12-13H2,1H3,(H,21,23)(H,22,24,25)/t17-,28?/m0/s1. The third kappa shape index (κ3) is 6.31. The minimum atomic E-state index is -1.60. The summed E-state index contributed by atoms with van der Waals surface area (Å²) in [4.78, 5) is 35.5. The van der Waals surface area contributed by atoms with Gasteiger partial charge in [0.15, 0.2) is 0 Å². The molecule has 0 aliphatic rings. The van der Waals surface area contributed by atoms with Crippen molar-refractivity contribution in [3.05, 3.63) is 71.8 Å². The first-order valence-electron chi connectivity index (χ1n) is 8.61. The van der Waals surface area contributed by atoms with Crippen molar-refractivity contribution in [2.75, 3.05) is 11.5 Å². The minimum Gasteiger partial charge on any atom is -0.344 e. The fourth-order valence-electron chi connectivity index (χ4n) is 2.66. The summed E-state index contributed by atoms with van der Waals surface area (Å²) < 4.78 is 13.0. The number of carbonyl (C=O) groups is 3. The van der Waals surface area contributed by atoms with E-state index in [0.717, 1.165) is 11.1 Å². The van der Waals surface area contributed by atoms with Crippen LogP contribution in [-0.2, 0) is 25.2 Å². The van der Waals surface area contributed by atoms with E-state index < -0.39 is 39.8 Å². The molecule has 28 heavy (non-hydrogen) atoms. The van der Waals surface area contributed by atoms with Crippen molar-refractivity contribution in [2.24, 2.45) is 0 Å². The van der Waals surface area contributed by atoms with Crippen molar-refractivity contribution >= 4 is 41.1 Å². The van der Waals surface area contributed by atoms with Gasteiger partial charge < -0.3 is 5.32 Å². The molecule has 0 aliphatic heterocycles. The molecule has 0 aliphatic carbocycles. The van der Waals surface area contributed by atoms with Gasteiger partial charge in [0, 0.05) is 23.5 Å². The Labute approximate surface area is 172 Å². The fourth-order valence-corrected chi connectivity index (χ4v) is 4.34. The monoisotopic (exact) mass is 418 g/mol. The lowest BCUT2D eigenvalue weighted by molar-refractivity contribution is -0.132. The second kappa shape index (κ2) is 10.8. The van der Waals surface area contributed by atoms with Crippen molar-refractivity contribution in [1.29, 1.82) is 0 Å². The van der Waals surface area contributed by atoms with Crippen LogP contribution in [0.4, 0.5) is 0 Å². The zero-order valence-corrected chi connectivity index (χ0v) is 17.0. The molecular weight excluding hydrogens is 396 g/mol. The number of carbonyl (C=O) groups excluding carboxylic acids is 3. The molecule has 0 bridgehead atoms. The van der Waals surface area contributed by atoms with E-state index in [4.69, 9.17) is 0 Å². The summed E-state index contributed by atoms with van der Waals surface area (Å²) in [5, 5.41) is 4.10. The third-order valence-electron chi connectivity index (χ3n) is 3.88. The Morgan fingerprint density at radius 3 is 1.89 bits per heavy atom. The maximum absolute atomic E-state index is 13.0. The van der Waals surface area contributed by atoms with Crippen molar-refractivity contribution in [1.82, 2.24) is 10.6 Å². The van der Waals surface area contributed by atoms with Crippen molar-refractivity contribution in [3.63, 3.8) is 0 Å². The Bertz CT molecular complexity index is 804. The molecule has 0 saturated carbocycles. The van der Waals surface area contributed by atoms with Crippen LogP contribution in [0.3, 0.4) is 0 Å². The average Bonchev–Trinajstić information content (AvgIpc) is 2.67. The number of benzene rings is 2. The van der Waals surface area contributed by atoms with Crippen molar-refractivity contribution in [3.8, 4) is 0 Å². The molecule has 6 nitrogen and oxygen atoms in total. The number of thiol groups is 1.